The fraction of sp³-hybridized carbons (Fsp3) is 0.438. The molecule has 7 heteroatoms. The predicted octanol–water partition coefficient (Wildman–Crippen LogP) is 1.25. The number of carbonyl (C=O) groups excluding carboxylic acids is 3. The molecule has 124 valence electrons. The lowest BCUT2D eigenvalue weighted by atomic mass is 10.2. The van der Waals surface area contributed by atoms with Crippen molar-refractivity contribution in [1.29, 1.82) is 0 Å². The monoisotopic (exact) mass is 320 g/mol. The molecule has 1 aromatic carbocycles. The van der Waals surface area contributed by atoms with E-state index >= 15 is 0 Å². The number of urea groups is 1. The molecule has 1 aliphatic rings. The largest absolute Gasteiger partial charge is 0.494 e. The molecule has 0 spiro atoms. The Morgan fingerprint density at radius 1 is 1.26 bits per heavy atom. The molecule has 2 rings (SSSR count). The van der Waals surface area contributed by atoms with Crippen molar-refractivity contribution in [2.24, 2.45) is 0 Å². The normalized spacial score (nSPS) is 13.6. The molecule has 1 N–H and O–H groups in total. The SMILES string of the molecule is Cc1ccc(OCCCC(=O)OCC(=O)N2CCNC2=O)cc1. The van der Waals surface area contributed by atoms with Gasteiger partial charge in [0.15, 0.2) is 6.61 Å². The number of carbonyl (C=O) groups is 3. The Morgan fingerprint density at radius 2 is 2.00 bits per heavy atom. The number of benzene rings is 1. The molecular weight excluding hydrogens is 300 g/mol. The smallest absolute Gasteiger partial charge is 0.324 e. The molecule has 23 heavy (non-hydrogen) atoms. The van der Waals surface area contributed by atoms with Crippen molar-refractivity contribution in [3.8, 4) is 5.75 Å². The van der Waals surface area contributed by atoms with Crippen LogP contribution in [0.4, 0.5) is 4.79 Å². The third kappa shape index (κ3) is 5.28. The van der Waals surface area contributed by atoms with Gasteiger partial charge in [0.05, 0.1) is 6.61 Å². The van der Waals surface area contributed by atoms with Gasteiger partial charge in [0.1, 0.15) is 5.75 Å². The molecule has 0 aliphatic carbocycles. The first kappa shape index (κ1) is 16.8. The summed E-state index contributed by atoms with van der Waals surface area (Å²) in [7, 11) is 0. The van der Waals surface area contributed by atoms with Crippen LogP contribution in [0, 0.1) is 6.92 Å². The van der Waals surface area contributed by atoms with Crippen molar-refractivity contribution in [3.05, 3.63) is 29.8 Å². The summed E-state index contributed by atoms with van der Waals surface area (Å²) in [5.41, 5.74) is 1.15. The van der Waals surface area contributed by atoms with Gasteiger partial charge in [0.2, 0.25) is 0 Å². The average Bonchev–Trinajstić information content (AvgIpc) is 2.97. The second kappa shape index (κ2) is 8.17. The lowest BCUT2D eigenvalue weighted by Crippen LogP contribution is -2.37. The van der Waals surface area contributed by atoms with Crippen LogP contribution >= 0.6 is 0 Å². The zero-order valence-corrected chi connectivity index (χ0v) is 13.0. The van der Waals surface area contributed by atoms with Crippen LogP contribution in [-0.2, 0) is 14.3 Å². The van der Waals surface area contributed by atoms with Crippen LogP contribution < -0.4 is 10.1 Å². The van der Waals surface area contributed by atoms with Gasteiger partial charge in [0.25, 0.3) is 5.91 Å². The zero-order valence-electron chi connectivity index (χ0n) is 13.0. The van der Waals surface area contributed by atoms with Crippen molar-refractivity contribution in [2.75, 3.05) is 26.3 Å². The van der Waals surface area contributed by atoms with Gasteiger partial charge in [-0.3, -0.25) is 14.5 Å². The number of nitrogens with one attached hydrogen (secondary N) is 1. The Kier molecular flexibility index (Phi) is 5.96. The average molecular weight is 320 g/mol. The summed E-state index contributed by atoms with van der Waals surface area (Å²) in [6.45, 7) is 2.70. The first-order valence-electron chi connectivity index (χ1n) is 7.49. The van der Waals surface area contributed by atoms with Crippen molar-refractivity contribution < 1.29 is 23.9 Å². The molecule has 0 aromatic heterocycles. The van der Waals surface area contributed by atoms with Crippen LogP contribution in [0.5, 0.6) is 5.75 Å². The predicted molar refractivity (Wildman–Crippen MR) is 82.0 cm³/mol. The van der Waals surface area contributed by atoms with E-state index < -0.39 is 24.5 Å². The Labute approximate surface area is 134 Å². The number of rotatable bonds is 7. The maximum atomic E-state index is 11.7. The highest BCUT2D eigenvalue weighted by atomic mass is 16.5. The first-order chi connectivity index (χ1) is 11.1. The van der Waals surface area contributed by atoms with Crippen LogP contribution in [-0.4, -0.2) is 49.1 Å². The fourth-order valence-corrected chi connectivity index (χ4v) is 2.04. The minimum Gasteiger partial charge on any atom is -0.494 e. The van der Waals surface area contributed by atoms with Gasteiger partial charge in [-0.1, -0.05) is 17.7 Å². The summed E-state index contributed by atoms with van der Waals surface area (Å²) in [5.74, 6) is -0.242. The van der Waals surface area contributed by atoms with E-state index in [0.29, 0.717) is 26.1 Å². The number of nitrogens with zero attached hydrogens (tertiary/aromatic N) is 1. The van der Waals surface area contributed by atoms with Crippen molar-refractivity contribution in [2.45, 2.75) is 19.8 Å². The summed E-state index contributed by atoms with van der Waals surface area (Å²) in [5, 5.41) is 2.51. The molecule has 3 amide bonds. The topological polar surface area (TPSA) is 84.9 Å². The van der Waals surface area contributed by atoms with E-state index in [1.807, 2.05) is 31.2 Å². The summed E-state index contributed by atoms with van der Waals surface area (Å²) in [4.78, 5) is 35.5. The number of hydrogen-bond donors (Lipinski definition) is 1. The maximum Gasteiger partial charge on any atom is 0.324 e. The molecule has 0 atom stereocenters. The molecule has 0 bridgehead atoms. The van der Waals surface area contributed by atoms with E-state index in [0.717, 1.165) is 16.2 Å². The van der Waals surface area contributed by atoms with Gasteiger partial charge in [-0.15, -0.1) is 0 Å². The van der Waals surface area contributed by atoms with Gasteiger partial charge in [-0.05, 0) is 25.5 Å². The quantitative estimate of drug-likeness (QED) is 0.604. The standard InChI is InChI=1S/C16H20N2O5/c1-12-4-6-13(7-5-12)22-10-2-3-15(20)23-11-14(19)18-9-8-17-16(18)21/h4-7H,2-3,8-11H2,1H3,(H,17,21). The van der Waals surface area contributed by atoms with Gasteiger partial charge in [-0.25, -0.2) is 4.79 Å². The highest BCUT2D eigenvalue weighted by Crippen LogP contribution is 2.11. The minimum absolute atomic E-state index is 0.158. The van der Waals surface area contributed by atoms with E-state index in [1.54, 1.807) is 0 Å². The molecular formula is C16H20N2O5. The van der Waals surface area contributed by atoms with Crippen LogP contribution in [0.1, 0.15) is 18.4 Å². The van der Waals surface area contributed by atoms with Crippen LogP contribution in [0.3, 0.4) is 0 Å². The number of hydrogen-bond acceptors (Lipinski definition) is 5. The van der Waals surface area contributed by atoms with Crippen molar-refractivity contribution in [3.63, 3.8) is 0 Å². The minimum atomic E-state index is -0.510. The summed E-state index contributed by atoms with van der Waals surface area (Å²) < 4.78 is 10.4. The van der Waals surface area contributed by atoms with Gasteiger partial charge in [-0.2, -0.15) is 0 Å². The van der Waals surface area contributed by atoms with Gasteiger partial charge in [0, 0.05) is 19.5 Å². The number of ether oxygens (including phenoxy) is 2. The van der Waals surface area contributed by atoms with Crippen LogP contribution in [0.2, 0.25) is 0 Å². The molecule has 0 saturated carbocycles. The second-order valence-corrected chi connectivity index (χ2v) is 5.20. The van der Waals surface area contributed by atoms with E-state index in [9.17, 15) is 14.4 Å². The summed E-state index contributed by atoms with van der Waals surface area (Å²) >= 11 is 0. The first-order valence-corrected chi connectivity index (χ1v) is 7.49. The Hall–Kier alpha value is -2.57. The maximum absolute atomic E-state index is 11.7. The molecule has 1 saturated heterocycles. The lowest BCUT2D eigenvalue weighted by Gasteiger charge is -2.12. The van der Waals surface area contributed by atoms with Crippen LogP contribution in [0.25, 0.3) is 0 Å². The van der Waals surface area contributed by atoms with Crippen molar-refractivity contribution in [1.82, 2.24) is 10.2 Å². The Balaban J connectivity index is 1.59. The van der Waals surface area contributed by atoms with Gasteiger partial charge >= 0.3 is 12.0 Å². The highest BCUT2D eigenvalue weighted by Gasteiger charge is 2.26. The fourth-order valence-electron chi connectivity index (χ4n) is 2.04. The summed E-state index contributed by atoms with van der Waals surface area (Å²) in [6, 6.07) is 7.19. The molecule has 1 aliphatic heterocycles. The van der Waals surface area contributed by atoms with E-state index in [-0.39, 0.29) is 6.42 Å². The Morgan fingerprint density at radius 3 is 2.65 bits per heavy atom. The molecule has 7 nitrogen and oxygen atoms in total. The molecule has 1 fully saturated rings. The zero-order chi connectivity index (χ0) is 16.7. The van der Waals surface area contributed by atoms with Crippen molar-refractivity contribution >= 4 is 17.9 Å². The number of amides is 3. The summed E-state index contributed by atoms with van der Waals surface area (Å²) in [6.07, 6.45) is 0.649. The van der Waals surface area contributed by atoms with E-state index in [1.165, 1.54) is 0 Å². The molecule has 1 heterocycles. The molecule has 1 aromatic rings. The second-order valence-electron chi connectivity index (χ2n) is 5.20. The molecule has 0 unspecified atom stereocenters. The lowest BCUT2D eigenvalue weighted by molar-refractivity contribution is -0.150. The number of aryl methyl sites for hydroxylation is 1. The van der Waals surface area contributed by atoms with E-state index in [2.05, 4.69) is 5.32 Å². The highest BCUT2D eigenvalue weighted by molar-refractivity contribution is 5.96. The third-order valence-electron chi connectivity index (χ3n) is 3.33. The number of imide groups is 1. The Bertz CT molecular complexity index is 570. The van der Waals surface area contributed by atoms with Crippen LogP contribution in [0.15, 0.2) is 24.3 Å². The third-order valence-corrected chi connectivity index (χ3v) is 3.33. The van der Waals surface area contributed by atoms with Gasteiger partial charge < -0.3 is 14.8 Å². The molecule has 0 radical (unpaired) electrons. The number of esters is 1. The van der Waals surface area contributed by atoms with E-state index in [4.69, 9.17) is 9.47 Å².